The highest BCUT2D eigenvalue weighted by Gasteiger charge is 2.10. The Balaban J connectivity index is 1.79. The number of benzene rings is 1. The first kappa shape index (κ1) is 15.2. The molecule has 0 spiro atoms. The summed E-state index contributed by atoms with van der Waals surface area (Å²) in [5.41, 5.74) is 1.24. The van der Waals surface area contributed by atoms with E-state index in [0.29, 0.717) is 24.8 Å². The van der Waals surface area contributed by atoms with Crippen LogP contribution >= 0.6 is 0 Å². The molecule has 0 unspecified atom stereocenters. The van der Waals surface area contributed by atoms with E-state index in [1.54, 1.807) is 0 Å². The highest BCUT2D eigenvalue weighted by Crippen LogP contribution is 2.06. The van der Waals surface area contributed by atoms with Crippen LogP contribution in [0, 0.1) is 0 Å². The van der Waals surface area contributed by atoms with Gasteiger partial charge < -0.3 is 9.63 Å². The molecule has 0 saturated heterocycles. The quantitative estimate of drug-likeness (QED) is 0.797. The van der Waals surface area contributed by atoms with E-state index < -0.39 is 5.97 Å². The van der Waals surface area contributed by atoms with Gasteiger partial charge in [-0.05, 0) is 19.0 Å². The number of aryl methyl sites for hydroxylation is 2. The summed E-state index contributed by atoms with van der Waals surface area (Å²) in [6.45, 7) is 0.919. The summed E-state index contributed by atoms with van der Waals surface area (Å²) < 4.78 is 5.18. The molecule has 1 N–H and O–H groups in total. The summed E-state index contributed by atoms with van der Waals surface area (Å²) >= 11 is 0. The third-order valence-corrected chi connectivity index (χ3v) is 3.10. The Morgan fingerprint density at radius 3 is 2.76 bits per heavy atom. The zero-order valence-corrected chi connectivity index (χ0v) is 12.0. The van der Waals surface area contributed by atoms with Gasteiger partial charge in [-0.15, -0.1) is 0 Å². The standard InChI is InChI=1S/C15H19N3O3/c1-18(10-9-15(19)20)11-14-16-13(17-21-14)8-7-12-5-3-2-4-6-12/h2-6H,7-11H2,1H3,(H,19,20). The van der Waals surface area contributed by atoms with E-state index in [0.717, 1.165) is 12.8 Å². The normalized spacial score (nSPS) is 11.0. The van der Waals surface area contributed by atoms with Gasteiger partial charge in [0.05, 0.1) is 13.0 Å². The third-order valence-electron chi connectivity index (χ3n) is 3.10. The van der Waals surface area contributed by atoms with Crippen LogP contribution in [0.3, 0.4) is 0 Å². The summed E-state index contributed by atoms with van der Waals surface area (Å²) in [7, 11) is 1.83. The second-order valence-corrected chi connectivity index (χ2v) is 4.97. The molecule has 0 atom stereocenters. The molecule has 21 heavy (non-hydrogen) atoms. The van der Waals surface area contributed by atoms with E-state index >= 15 is 0 Å². The largest absolute Gasteiger partial charge is 0.481 e. The van der Waals surface area contributed by atoms with Crippen LogP contribution < -0.4 is 0 Å². The first-order chi connectivity index (χ1) is 10.1. The second kappa shape index (κ2) is 7.54. The molecule has 6 nitrogen and oxygen atoms in total. The van der Waals surface area contributed by atoms with Gasteiger partial charge >= 0.3 is 5.97 Å². The van der Waals surface area contributed by atoms with Crippen molar-refractivity contribution in [1.29, 1.82) is 0 Å². The van der Waals surface area contributed by atoms with Gasteiger partial charge in [0.1, 0.15) is 0 Å². The van der Waals surface area contributed by atoms with Gasteiger partial charge in [-0.25, -0.2) is 0 Å². The predicted octanol–water partition coefficient (Wildman–Crippen LogP) is 1.76. The number of hydrogen-bond acceptors (Lipinski definition) is 5. The van der Waals surface area contributed by atoms with E-state index in [2.05, 4.69) is 22.3 Å². The number of aromatic nitrogens is 2. The Morgan fingerprint density at radius 2 is 2.05 bits per heavy atom. The number of carboxylic acid groups (broad SMARTS) is 1. The summed E-state index contributed by atoms with van der Waals surface area (Å²) in [6.07, 6.45) is 1.70. The molecule has 0 aliphatic heterocycles. The van der Waals surface area contributed by atoms with Crippen molar-refractivity contribution in [2.45, 2.75) is 25.8 Å². The van der Waals surface area contributed by atoms with Gasteiger partial charge in [-0.2, -0.15) is 4.98 Å². The second-order valence-electron chi connectivity index (χ2n) is 4.97. The van der Waals surface area contributed by atoms with Crippen molar-refractivity contribution in [3.05, 3.63) is 47.6 Å². The van der Waals surface area contributed by atoms with Crippen molar-refractivity contribution in [1.82, 2.24) is 15.0 Å². The Hall–Kier alpha value is -2.21. The maximum atomic E-state index is 10.5. The molecule has 0 bridgehead atoms. The average molecular weight is 289 g/mol. The van der Waals surface area contributed by atoms with Gasteiger partial charge in [0.2, 0.25) is 5.89 Å². The molecule has 6 heteroatoms. The molecule has 0 saturated carbocycles. The maximum absolute atomic E-state index is 10.5. The van der Waals surface area contributed by atoms with E-state index in [-0.39, 0.29) is 6.42 Å². The topological polar surface area (TPSA) is 79.5 Å². The summed E-state index contributed by atoms with van der Waals surface area (Å²) in [5.74, 6) is 0.391. The molecule has 1 aromatic heterocycles. The zero-order valence-electron chi connectivity index (χ0n) is 12.0. The lowest BCUT2D eigenvalue weighted by Gasteiger charge is -2.11. The predicted molar refractivity (Wildman–Crippen MR) is 76.7 cm³/mol. The highest BCUT2D eigenvalue weighted by atomic mass is 16.5. The van der Waals surface area contributed by atoms with Gasteiger partial charge in [0.15, 0.2) is 5.82 Å². The van der Waals surface area contributed by atoms with Gasteiger partial charge in [0, 0.05) is 13.0 Å². The van der Waals surface area contributed by atoms with Crippen molar-refractivity contribution in [3.63, 3.8) is 0 Å². The fourth-order valence-corrected chi connectivity index (χ4v) is 1.95. The highest BCUT2D eigenvalue weighted by molar-refractivity contribution is 5.66. The minimum atomic E-state index is -0.809. The minimum absolute atomic E-state index is 0.103. The zero-order chi connectivity index (χ0) is 15.1. The molecule has 1 heterocycles. The van der Waals surface area contributed by atoms with E-state index in [4.69, 9.17) is 9.63 Å². The summed E-state index contributed by atoms with van der Waals surface area (Å²) in [5, 5.41) is 12.6. The molecule has 1 aromatic carbocycles. The molecule has 0 aliphatic rings. The lowest BCUT2D eigenvalue weighted by molar-refractivity contribution is -0.137. The summed E-state index contributed by atoms with van der Waals surface area (Å²) in [4.78, 5) is 16.7. The van der Waals surface area contributed by atoms with Crippen molar-refractivity contribution in [2.24, 2.45) is 0 Å². The van der Waals surface area contributed by atoms with Gasteiger partial charge in [-0.1, -0.05) is 35.5 Å². The number of aliphatic carboxylic acids is 1. The molecule has 2 aromatic rings. The molecule has 0 radical (unpaired) electrons. The van der Waals surface area contributed by atoms with Crippen LogP contribution in [-0.4, -0.2) is 39.7 Å². The van der Waals surface area contributed by atoms with Crippen LogP contribution in [0.4, 0.5) is 0 Å². The number of carboxylic acids is 1. The molecule has 0 fully saturated rings. The van der Waals surface area contributed by atoms with E-state index in [1.165, 1.54) is 5.56 Å². The SMILES string of the molecule is CN(CCC(=O)O)Cc1nc(CCc2ccccc2)no1. The fraction of sp³-hybridized carbons (Fsp3) is 0.400. The molecular weight excluding hydrogens is 270 g/mol. The van der Waals surface area contributed by atoms with E-state index in [9.17, 15) is 4.79 Å². The van der Waals surface area contributed by atoms with Crippen molar-refractivity contribution < 1.29 is 14.4 Å². The van der Waals surface area contributed by atoms with Crippen LogP contribution in [-0.2, 0) is 24.2 Å². The average Bonchev–Trinajstić information content (AvgIpc) is 2.91. The van der Waals surface area contributed by atoms with Crippen LogP contribution in [0.1, 0.15) is 23.7 Å². The lowest BCUT2D eigenvalue weighted by atomic mass is 10.1. The van der Waals surface area contributed by atoms with E-state index in [1.807, 2.05) is 30.1 Å². The first-order valence-electron chi connectivity index (χ1n) is 6.89. The van der Waals surface area contributed by atoms with Gasteiger partial charge in [0.25, 0.3) is 0 Å². The van der Waals surface area contributed by atoms with Crippen molar-refractivity contribution in [3.8, 4) is 0 Å². The Kier molecular flexibility index (Phi) is 5.45. The van der Waals surface area contributed by atoms with Crippen molar-refractivity contribution in [2.75, 3.05) is 13.6 Å². The number of hydrogen-bond donors (Lipinski definition) is 1. The molecule has 0 amide bonds. The fourth-order valence-electron chi connectivity index (χ4n) is 1.95. The number of rotatable bonds is 8. The Labute approximate surface area is 123 Å². The molecule has 0 aliphatic carbocycles. The third kappa shape index (κ3) is 5.35. The monoisotopic (exact) mass is 289 g/mol. The number of carbonyl (C=O) groups is 1. The lowest BCUT2D eigenvalue weighted by Crippen LogP contribution is -2.21. The van der Waals surface area contributed by atoms with Crippen LogP contribution in [0.5, 0.6) is 0 Å². The Bertz CT molecular complexity index is 569. The first-order valence-corrected chi connectivity index (χ1v) is 6.89. The molecular formula is C15H19N3O3. The minimum Gasteiger partial charge on any atom is -0.481 e. The molecule has 112 valence electrons. The van der Waals surface area contributed by atoms with Crippen LogP contribution in [0.25, 0.3) is 0 Å². The molecule has 2 rings (SSSR count). The van der Waals surface area contributed by atoms with Crippen LogP contribution in [0.2, 0.25) is 0 Å². The van der Waals surface area contributed by atoms with Crippen molar-refractivity contribution >= 4 is 5.97 Å². The number of nitrogens with zero attached hydrogens (tertiary/aromatic N) is 3. The maximum Gasteiger partial charge on any atom is 0.304 e. The van der Waals surface area contributed by atoms with Crippen LogP contribution in [0.15, 0.2) is 34.9 Å². The summed E-state index contributed by atoms with van der Waals surface area (Å²) in [6, 6.07) is 10.1. The Morgan fingerprint density at radius 1 is 1.29 bits per heavy atom. The van der Waals surface area contributed by atoms with Gasteiger partial charge in [-0.3, -0.25) is 9.69 Å². The smallest absolute Gasteiger partial charge is 0.304 e.